The van der Waals surface area contributed by atoms with E-state index in [0.717, 1.165) is 47.9 Å². The summed E-state index contributed by atoms with van der Waals surface area (Å²) in [5, 5.41) is 0. The molecule has 1 aliphatic heterocycles. The van der Waals surface area contributed by atoms with Crippen molar-refractivity contribution in [3.63, 3.8) is 0 Å². The zero-order valence-electron chi connectivity index (χ0n) is 32.9. The van der Waals surface area contributed by atoms with Gasteiger partial charge >= 0.3 is 5.97 Å². The lowest BCUT2D eigenvalue weighted by Crippen LogP contribution is -2.62. The molecular weight excluding hydrogens is 689 g/mol. The van der Waals surface area contributed by atoms with E-state index in [0.29, 0.717) is 19.8 Å². The Hall–Kier alpha value is -4.33. The van der Waals surface area contributed by atoms with E-state index in [-0.39, 0.29) is 19.6 Å². The first-order valence-electron chi connectivity index (χ1n) is 19.7. The van der Waals surface area contributed by atoms with Gasteiger partial charge in [-0.1, -0.05) is 162 Å². The zero-order valence-corrected chi connectivity index (χ0v) is 32.9. The van der Waals surface area contributed by atoms with Crippen molar-refractivity contribution in [2.45, 2.75) is 117 Å². The predicted molar refractivity (Wildman–Crippen MR) is 216 cm³/mol. The van der Waals surface area contributed by atoms with Crippen LogP contribution < -0.4 is 0 Å². The highest BCUT2D eigenvalue weighted by molar-refractivity contribution is 5.70. The van der Waals surface area contributed by atoms with E-state index in [4.69, 9.17) is 28.4 Å². The standard InChI is InChI=1S/C48H58O7/c1-5-19-37(20-6-2)29-30-48(3,4)31-43(49)55-47-46(53-35-41-27-17-10-18-28-41)45(52-34-40-25-15-9-16-26-40)44(51-33-39-23-13-8-14-24-39)42(54-47)36-50-32-38-21-11-7-12-22-38/h7-18,21-28,30,42,44-47H,5-6,19-20,31-36H2,1-4H3/t42-,44-,45+,46-,47?/m1/s1. The molecular formula is C48H58O7. The Kier molecular flexibility index (Phi) is 16.9. The van der Waals surface area contributed by atoms with Gasteiger partial charge in [0.05, 0.1) is 39.5 Å². The monoisotopic (exact) mass is 746 g/mol. The Bertz CT molecular complexity index is 1730. The number of carbonyl (C=O) groups is 1. The molecule has 7 nitrogen and oxygen atoms in total. The summed E-state index contributed by atoms with van der Waals surface area (Å²) in [6, 6.07) is 39.9. The van der Waals surface area contributed by atoms with Gasteiger partial charge in [0, 0.05) is 5.41 Å². The van der Waals surface area contributed by atoms with Gasteiger partial charge in [0.15, 0.2) is 0 Å². The Labute approximate surface area is 328 Å². The molecule has 5 rings (SSSR count). The van der Waals surface area contributed by atoms with Crippen molar-refractivity contribution in [2.75, 3.05) is 6.61 Å². The molecule has 0 aromatic heterocycles. The van der Waals surface area contributed by atoms with Crippen LogP contribution in [0.4, 0.5) is 0 Å². The normalized spacial score (nSPS) is 19.7. The largest absolute Gasteiger partial charge is 0.433 e. The molecule has 7 heteroatoms. The molecule has 1 unspecified atom stereocenters. The van der Waals surface area contributed by atoms with E-state index in [2.05, 4.69) is 19.6 Å². The highest BCUT2D eigenvalue weighted by Crippen LogP contribution is 2.33. The van der Waals surface area contributed by atoms with Gasteiger partial charge in [0.25, 0.3) is 0 Å². The number of carbonyl (C=O) groups excluding carboxylic acids is 1. The molecule has 1 fully saturated rings. The second-order valence-electron chi connectivity index (χ2n) is 14.9. The third-order valence-electron chi connectivity index (χ3n) is 9.46. The van der Waals surface area contributed by atoms with Crippen LogP contribution in [-0.2, 0) is 59.6 Å². The third-order valence-corrected chi connectivity index (χ3v) is 9.46. The van der Waals surface area contributed by atoms with Crippen molar-refractivity contribution in [3.05, 3.63) is 161 Å². The molecule has 1 aliphatic rings. The first kappa shape index (κ1) is 41.8. The number of hydrogen-bond acceptors (Lipinski definition) is 7. The molecule has 0 radical (unpaired) electrons. The van der Waals surface area contributed by atoms with Gasteiger partial charge in [-0.15, -0.1) is 5.73 Å². The van der Waals surface area contributed by atoms with Gasteiger partial charge < -0.3 is 28.4 Å². The predicted octanol–water partition coefficient (Wildman–Crippen LogP) is 10.3. The Morgan fingerprint density at radius 2 is 1.07 bits per heavy atom. The van der Waals surface area contributed by atoms with E-state index in [9.17, 15) is 4.79 Å². The Balaban J connectivity index is 1.46. The maximum Gasteiger partial charge on any atom is 0.309 e. The summed E-state index contributed by atoms with van der Waals surface area (Å²) >= 11 is 0. The average Bonchev–Trinajstić information content (AvgIpc) is 3.20. The topological polar surface area (TPSA) is 72.5 Å². The van der Waals surface area contributed by atoms with Crippen molar-refractivity contribution in [1.82, 2.24) is 0 Å². The molecule has 0 saturated carbocycles. The zero-order chi connectivity index (χ0) is 38.7. The van der Waals surface area contributed by atoms with Crippen molar-refractivity contribution < 1.29 is 33.2 Å². The summed E-state index contributed by atoms with van der Waals surface area (Å²) in [6.45, 7) is 9.83. The average molecular weight is 747 g/mol. The van der Waals surface area contributed by atoms with Crippen LogP contribution in [0.15, 0.2) is 139 Å². The second kappa shape index (κ2) is 22.3. The highest BCUT2D eigenvalue weighted by Gasteiger charge is 2.50. The molecule has 1 saturated heterocycles. The minimum Gasteiger partial charge on any atom is -0.433 e. The van der Waals surface area contributed by atoms with E-state index in [1.807, 2.05) is 141 Å². The molecule has 5 atom stereocenters. The molecule has 0 N–H and O–H groups in total. The molecule has 1 heterocycles. The third kappa shape index (κ3) is 14.0. The van der Waals surface area contributed by atoms with Crippen molar-refractivity contribution in [2.24, 2.45) is 5.41 Å². The second-order valence-corrected chi connectivity index (χ2v) is 14.9. The van der Waals surface area contributed by atoms with E-state index >= 15 is 0 Å². The first-order valence-corrected chi connectivity index (χ1v) is 19.7. The number of esters is 1. The minimum absolute atomic E-state index is 0.134. The maximum atomic E-state index is 13.9. The number of rotatable bonds is 21. The lowest BCUT2D eigenvalue weighted by molar-refractivity contribution is -0.320. The maximum absolute atomic E-state index is 13.9. The summed E-state index contributed by atoms with van der Waals surface area (Å²) in [5.74, 6) is -0.400. The molecule has 0 amide bonds. The van der Waals surface area contributed by atoms with E-state index in [1.165, 1.54) is 5.57 Å². The molecule has 0 bridgehead atoms. The van der Waals surface area contributed by atoms with Crippen LogP contribution in [0.25, 0.3) is 0 Å². The fraction of sp³-hybridized carbons (Fsp3) is 0.417. The van der Waals surface area contributed by atoms with Crippen molar-refractivity contribution >= 4 is 5.97 Å². The molecule has 0 aliphatic carbocycles. The van der Waals surface area contributed by atoms with Crippen LogP contribution in [0.5, 0.6) is 0 Å². The van der Waals surface area contributed by atoms with Gasteiger partial charge in [-0.2, -0.15) is 0 Å². The molecule has 0 spiro atoms. The molecule has 55 heavy (non-hydrogen) atoms. The summed E-state index contributed by atoms with van der Waals surface area (Å²) in [4.78, 5) is 13.9. The van der Waals surface area contributed by atoms with Crippen LogP contribution in [0.1, 0.15) is 82.1 Å². The minimum atomic E-state index is -1.09. The fourth-order valence-electron chi connectivity index (χ4n) is 6.61. The fourth-order valence-corrected chi connectivity index (χ4v) is 6.61. The Morgan fingerprint density at radius 1 is 0.636 bits per heavy atom. The van der Waals surface area contributed by atoms with E-state index in [1.54, 1.807) is 0 Å². The molecule has 4 aromatic rings. The van der Waals surface area contributed by atoms with Crippen LogP contribution in [0, 0.1) is 5.41 Å². The van der Waals surface area contributed by atoms with Gasteiger partial charge in [-0.25, -0.2) is 0 Å². The van der Waals surface area contributed by atoms with Gasteiger partial charge in [0.1, 0.15) is 24.4 Å². The van der Waals surface area contributed by atoms with E-state index < -0.39 is 42.1 Å². The van der Waals surface area contributed by atoms with Crippen LogP contribution in [0.2, 0.25) is 0 Å². The SMILES string of the molecule is CCCC(=C=CC(C)(C)CC(=O)OC1O[C@H](COCc2ccccc2)[C@@H](OCc2ccccc2)[C@H](OCc2ccccc2)[C@H]1OCc1ccccc1)CCC. The Morgan fingerprint density at radius 3 is 1.55 bits per heavy atom. The molecule has 4 aromatic carbocycles. The lowest BCUT2D eigenvalue weighted by atomic mass is 9.88. The summed E-state index contributed by atoms with van der Waals surface area (Å²) in [5.41, 5.74) is 8.29. The first-order chi connectivity index (χ1) is 26.8. The van der Waals surface area contributed by atoms with Crippen LogP contribution in [0.3, 0.4) is 0 Å². The summed E-state index contributed by atoms with van der Waals surface area (Å²) < 4.78 is 39.5. The quantitative estimate of drug-likeness (QED) is 0.0621. The smallest absolute Gasteiger partial charge is 0.309 e. The molecule has 292 valence electrons. The number of benzene rings is 4. The lowest BCUT2D eigenvalue weighted by Gasteiger charge is -2.45. The number of allylic oxidation sites excluding steroid dienone is 1. The highest BCUT2D eigenvalue weighted by atomic mass is 16.7. The van der Waals surface area contributed by atoms with Crippen LogP contribution in [-0.4, -0.2) is 43.3 Å². The summed E-state index contributed by atoms with van der Waals surface area (Å²) in [6.07, 6.45) is 2.37. The van der Waals surface area contributed by atoms with Gasteiger partial charge in [-0.05, 0) is 46.7 Å². The van der Waals surface area contributed by atoms with Gasteiger partial charge in [0.2, 0.25) is 6.29 Å². The van der Waals surface area contributed by atoms with Crippen LogP contribution >= 0.6 is 0 Å². The number of ether oxygens (including phenoxy) is 6. The summed E-state index contributed by atoms with van der Waals surface area (Å²) in [7, 11) is 0. The van der Waals surface area contributed by atoms with Crippen molar-refractivity contribution in [3.8, 4) is 0 Å². The van der Waals surface area contributed by atoms with Crippen molar-refractivity contribution in [1.29, 1.82) is 0 Å². The number of hydrogen-bond donors (Lipinski definition) is 0. The van der Waals surface area contributed by atoms with Gasteiger partial charge in [-0.3, -0.25) is 4.79 Å².